The quantitative estimate of drug-likeness (QED) is 0.129. The highest BCUT2D eigenvalue weighted by atomic mass is 16.3. The number of allylic oxidation sites excluding steroid dienone is 1. The molecule has 4 nitrogen and oxygen atoms in total. The van der Waals surface area contributed by atoms with Crippen LogP contribution in [0.3, 0.4) is 0 Å². The van der Waals surface area contributed by atoms with Crippen molar-refractivity contribution in [1.82, 2.24) is 0 Å². The Morgan fingerprint density at radius 1 is 0.291 bits per heavy atom. The summed E-state index contributed by atoms with van der Waals surface area (Å²) in [5.74, 6) is 0. The molecule has 2 unspecified atom stereocenters. The molecule has 21 rings (SSSR count). The van der Waals surface area contributed by atoms with Gasteiger partial charge in [0.25, 0.3) is 0 Å². The number of benzene rings is 17. The molecule has 2 aliphatic rings. The van der Waals surface area contributed by atoms with E-state index in [1.54, 1.807) is 0 Å². The van der Waals surface area contributed by atoms with E-state index in [-0.39, 0.29) is 0 Å². The number of furan rings is 2. The van der Waals surface area contributed by atoms with Crippen LogP contribution in [0.1, 0.15) is 51.4 Å². The van der Waals surface area contributed by atoms with Crippen LogP contribution in [0, 0.1) is 0 Å². The number of para-hydroxylation sites is 4. The molecule has 0 saturated heterocycles. The van der Waals surface area contributed by atoms with E-state index < -0.39 is 10.8 Å². The number of fused-ring (bicyclic) bond motifs is 20. The molecule has 103 heavy (non-hydrogen) atoms. The van der Waals surface area contributed by atoms with Crippen molar-refractivity contribution in [3.8, 4) is 22.3 Å². The lowest BCUT2D eigenvalue weighted by Crippen LogP contribution is -2.50. The Morgan fingerprint density at radius 3 is 1.18 bits per heavy atom. The zero-order valence-corrected chi connectivity index (χ0v) is 56.5. The molecule has 482 valence electrons. The number of anilines is 6. The van der Waals surface area contributed by atoms with Gasteiger partial charge < -0.3 is 18.6 Å². The lowest BCUT2D eigenvalue weighted by Gasteiger charge is -2.51. The molecular weight excluding hydrogens is 1250 g/mol. The molecule has 0 amide bonds. The standard InChI is InChI=1S/C99H64N2O2/c1-3-27-72-62(4-2)52-56-82-92(72)94-78-42-19-17-38-74(78)88(100(70-54-50-63-28-11-13-31-66(63)58-70)86-46-25-44-80-76-40-21-23-48-90(76)102-96(80)86)60-84(94)98(82,68-33-7-5-8-34-68)99(69-35-9-6-10-36-69)83-57-53-65-30-15-16-37-73(65)93(83)95-79-43-20-18-39-75(79)89(61-85(95)99)101(71-55-51-64-29-12-14-32-67(64)59-71)87-47-26-45-81-77-41-22-24-49-91(77)103-97(81)87/h3-61H,2H2,1H3/b27-3-. The summed E-state index contributed by atoms with van der Waals surface area (Å²) in [6.45, 7) is 6.74. The summed E-state index contributed by atoms with van der Waals surface area (Å²) in [6, 6.07) is 127. The van der Waals surface area contributed by atoms with Crippen LogP contribution in [0.4, 0.5) is 34.1 Å². The van der Waals surface area contributed by atoms with E-state index in [2.05, 4.69) is 375 Å². The van der Waals surface area contributed by atoms with Crippen molar-refractivity contribution in [3.63, 3.8) is 0 Å². The number of hydrogen-bond acceptors (Lipinski definition) is 4. The molecule has 2 aromatic heterocycles. The molecule has 0 fully saturated rings. The second-order valence-corrected chi connectivity index (χ2v) is 27.6. The molecule has 0 N–H and O–H groups in total. The molecule has 2 atom stereocenters. The Morgan fingerprint density at radius 2 is 0.680 bits per heavy atom. The largest absolute Gasteiger partial charge is 0.454 e. The SMILES string of the molecule is C=Cc1ccc2c(c1/C=C\C)-c1c(cc(N(c3ccc4ccccc4c3)c3cccc4c3oc3ccccc34)c3ccccc13)C2(c1ccccc1)C1(c2ccccc2)c2ccc3ccccc3c2-c2c1cc(N(c1ccc3ccccc3c1)c1cccc3c1oc1ccccc13)c1ccccc21. The van der Waals surface area contributed by atoms with Crippen molar-refractivity contribution >= 4 is 144 Å². The van der Waals surface area contributed by atoms with Crippen LogP contribution < -0.4 is 9.80 Å². The topological polar surface area (TPSA) is 32.8 Å². The van der Waals surface area contributed by atoms with Gasteiger partial charge in [-0.3, -0.25) is 0 Å². The maximum Gasteiger partial charge on any atom is 0.159 e. The van der Waals surface area contributed by atoms with E-state index in [1.807, 2.05) is 6.08 Å². The first-order valence-electron chi connectivity index (χ1n) is 35.6. The highest BCUT2D eigenvalue weighted by Crippen LogP contribution is 2.73. The highest BCUT2D eigenvalue weighted by Gasteiger charge is 2.65. The lowest BCUT2D eigenvalue weighted by molar-refractivity contribution is 0.438. The summed E-state index contributed by atoms with van der Waals surface area (Å²) in [7, 11) is 0. The van der Waals surface area contributed by atoms with E-state index >= 15 is 0 Å². The van der Waals surface area contributed by atoms with Gasteiger partial charge in [0.05, 0.1) is 33.6 Å². The van der Waals surface area contributed by atoms with Crippen LogP contribution in [-0.2, 0) is 10.8 Å². The van der Waals surface area contributed by atoms with Crippen LogP contribution in [0.15, 0.2) is 361 Å². The third-order valence-corrected chi connectivity index (χ3v) is 22.6. The van der Waals surface area contributed by atoms with Gasteiger partial charge in [-0.1, -0.05) is 304 Å². The van der Waals surface area contributed by atoms with E-state index in [1.165, 1.54) is 55.3 Å². The van der Waals surface area contributed by atoms with Gasteiger partial charge in [0.15, 0.2) is 11.2 Å². The number of rotatable bonds is 11. The predicted octanol–water partition coefficient (Wildman–Crippen LogP) is 27.2. The normalized spacial score (nSPS) is 15.3. The van der Waals surface area contributed by atoms with Gasteiger partial charge in [-0.2, -0.15) is 0 Å². The highest BCUT2D eigenvalue weighted by molar-refractivity contribution is 6.21. The molecule has 2 aliphatic carbocycles. The molecule has 4 heteroatoms. The third-order valence-electron chi connectivity index (χ3n) is 22.6. The van der Waals surface area contributed by atoms with Crippen molar-refractivity contribution in [2.75, 3.05) is 9.80 Å². The third kappa shape index (κ3) is 8.17. The van der Waals surface area contributed by atoms with Gasteiger partial charge in [0.1, 0.15) is 11.2 Å². The molecular formula is C99H64N2O2. The summed E-state index contributed by atoms with van der Waals surface area (Å²) >= 11 is 0. The minimum atomic E-state index is -1.13. The van der Waals surface area contributed by atoms with Gasteiger partial charge in [-0.05, 0) is 177 Å². The van der Waals surface area contributed by atoms with Crippen LogP contribution >= 0.6 is 0 Å². The first kappa shape index (κ1) is 58.7. The molecule has 0 radical (unpaired) electrons. The smallest absolute Gasteiger partial charge is 0.159 e. The molecule has 0 bridgehead atoms. The monoisotopic (exact) mass is 1310 g/mol. The van der Waals surface area contributed by atoms with Crippen LogP contribution in [0.5, 0.6) is 0 Å². The Hall–Kier alpha value is -13.3. The Bertz CT molecular complexity index is 6810. The average molecular weight is 1310 g/mol. The van der Waals surface area contributed by atoms with Crippen molar-refractivity contribution in [2.24, 2.45) is 0 Å². The fourth-order valence-electron chi connectivity index (χ4n) is 18.6. The molecule has 17 aromatic carbocycles. The summed E-state index contributed by atoms with van der Waals surface area (Å²) in [5, 5.41) is 15.7. The Balaban J connectivity index is 0.989. The zero-order chi connectivity index (χ0) is 68.1. The molecule has 2 heterocycles. The number of hydrogen-bond donors (Lipinski definition) is 0. The van der Waals surface area contributed by atoms with Gasteiger partial charge >= 0.3 is 0 Å². The van der Waals surface area contributed by atoms with Crippen LogP contribution in [0.2, 0.25) is 0 Å². The van der Waals surface area contributed by atoms with Gasteiger partial charge in [-0.25, -0.2) is 0 Å². The van der Waals surface area contributed by atoms with Crippen molar-refractivity contribution in [3.05, 3.63) is 397 Å². The fraction of sp³-hybridized carbons (Fsp3) is 0.0303. The average Bonchev–Trinajstić information content (AvgIpc) is 1.48. The van der Waals surface area contributed by atoms with E-state index in [9.17, 15) is 0 Å². The van der Waals surface area contributed by atoms with Gasteiger partial charge in [-0.15, -0.1) is 0 Å². The molecule has 0 spiro atoms. The molecule has 0 aliphatic heterocycles. The van der Waals surface area contributed by atoms with Crippen molar-refractivity contribution in [1.29, 1.82) is 0 Å². The van der Waals surface area contributed by atoms with Crippen LogP contribution in [0.25, 0.3) is 132 Å². The Labute approximate surface area is 595 Å². The minimum absolute atomic E-state index is 0.810. The Kier molecular flexibility index (Phi) is 12.9. The summed E-state index contributed by atoms with van der Waals surface area (Å²) in [5.41, 5.74) is 21.0. The lowest BCUT2D eigenvalue weighted by atomic mass is 9.49. The minimum Gasteiger partial charge on any atom is -0.454 e. The predicted molar refractivity (Wildman–Crippen MR) is 433 cm³/mol. The van der Waals surface area contributed by atoms with E-state index in [0.717, 1.165) is 143 Å². The molecule has 19 aromatic rings. The van der Waals surface area contributed by atoms with Crippen molar-refractivity contribution < 1.29 is 8.83 Å². The summed E-state index contributed by atoms with van der Waals surface area (Å²) < 4.78 is 14.4. The second kappa shape index (κ2) is 22.6. The first-order valence-corrected chi connectivity index (χ1v) is 35.6. The van der Waals surface area contributed by atoms with Gasteiger partial charge in [0.2, 0.25) is 0 Å². The second-order valence-electron chi connectivity index (χ2n) is 27.6. The first-order chi connectivity index (χ1) is 51.0. The zero-order valence-electron chi connectivity index (χ0n) is 56.5. The van der Waals surface area contributed by atoms with Crippen molar-refractivity contribution in [2.45, 2.75) is 17.8 Å². The van der Waals surface area contributed by atoms with E-state index in [0.29, 0.717) is 0 Å². The van der Waals surface area contributed by atoms with Gasteiger partial charge in [0, 0.05) is 43.7 Å². The molecule has 0 saturated carbocycles. The van der Waals surface area contributed by atoms with Crippen LogP contribution in [-0.4, -0.2) is 0 Å². The maximum atomic E-state index is 7.22. The number of nitrogens with zero attached hydrogens (tertiary/aromatic N) is 2. The summed E-state index contributed by atoms with van der Waals surface area (Å²) in [4.78, 5) is 5.01. The van der Waals surface area contributed by atoms with E-state index in [4.69, 9.17) is 8.83 Å². The maximum absolute atomic E-state index is 7.22. The fourth-order valence-corrected chi connectivity index (χ4v) is 18.6. The summed E-state index contributed by atoms with van der Waals surface area (Å²) in [6.07, 6.45) is 6.59.